The SMILES string of the molecule is Cc1cccc(N(c2ccc3ccc4c(N(c5cccc(C)c5)c5cccc6c5oc5c(-c7ccccc7)cc7ccccc7c56)ccc5ccc2c3c54)c2cccc3c2oc2c(-c4ccccc4)cc4ccccc4c23)c1. The molecule has 0 saturated carbocycles. The van der Waals surface area contributed by atoms with Gasteiger partial charge in [0, 0.05) is 54.8 Å². The quantitative estimate of drug-likeness (QED) is 0.142. The zero-order chi connectivity index (χ0) is 51.6. The minimum Gasteiger partial charge on any atom is -0.453 e. The van der Waals surface area contributed by atoms with Crippen LogP contribution in [0.1, 0.15) is 11.1 Å². The molecule has 0 unspecified atom stereocenters. The van der Waals surface area contributed by atoms with Crippen molar-refractivity contribution in [2.24, 2.45) is 0 Å². The number of anilines is 6. The normalized spacial score (nSPS) is 12.0. The number of benzene rings is 14. The van der Waals surface area contributed by atoms with Gasteiger partial charge in [0.1, 0.15) is 11.2 Å². The van der Waals surface area contributed by atoms with E-state index in [1.54, 1.807) is 0 Å². The van der Waals surface area contributed by atoms with Crippen LogP contribution < -0.4 is 9.80 Å². The van der Waals surface area contributed by atoms with Crippen LogP contribution >= 0.6 is 0 Å². The molecule has 0 aliphatic carbocycles. The van der Waals surface area contributed by atoms with Crippen LogP contribution in [0.3, 0.4) is 0 Å². The van der Waals surface area contributed by atoms with E-state index in [4.69, 9.17) is 8.83 Å². The molecule has 0 saturated heterocycles. The van der Waals surface area contributed by atoms with E-state index in [2.05, 4.69) is 278 Å². The number of nitrogens with zero attached hydrogens (tertiary/aromatic N) is 2. The van der Waals surface area contributed by atoms with Crippen LogP contribution in [0.5, 0.6) is 0 Å². The molecule has 0 spiro atoms. The van der Waals surface area contributed by atoms with Gasteiger partial charge in [-0.2, -0.15) is 0 Å². The predicted octanol–water partition coefficient (Wildman–Crippen LogP) is 21.6. The molecule has 14 aromatic carbocycles. The molecule has 4 nitrogen and oxygen atoms in total. The van der Waals surface area contributed by atoms with Crippen LogP contribution in [0.15, 0.2) is 264 Å². The first-order chi connectivity index (χ1) is 38.5. The molecule has 2 heterocycles. The zero-order valence-electron chi connectivity index (χ0n) is 43.0. The molecule has 2 aromatic heterocycles. The van der Waals surface area contributed by atoms with Crippen LogP contribution in [0.4, 0.5) is 34.1 Å². The van der Waals surface area contributed by atoms with E-state index in [0.717, 1.165) is 111 Å². The molecule has 78 heavy (non-hydrogen) atoms. The van der Waals surface area contributed by atoms with Gasteiger partial charge in [-0.1, -0.05) is 194 Å². The number of hydrogen-bond donors (Lipinski definition) is 0. The Morgan fingerprint density at radius 2 is 0.654 bits per heavy atom. The zero-order valence-corrected chi connectivity index (χ0v) is 43.0. The largest absolute Gasteiger partial charge is 0.453 e. The van der Waals surface area contributed by atoms with E-state index < -0.39 is 0 Å². The van der Waals surface area contributed by atoms with E-state index in [9.17, 15) is 0 Å². The predicted molar refractivity (Wildman–Crippen MR) is 329 cm³/mol. The fourth-order valence-corrected chi connectivity index (χ4v) is 12.8. The molecule has 4 heteroatoms. The van der Waals surface area contributed by atoms with Gasteiger partial charge < -0.3 is 18.6 Å². The summed E-state index contributed by atoms with van der Waals surface area (Å²) < 4.78 is 14.7. The molecule has 0 N–H and O–H groups in total. The summed E-state index contributed by atoms with van der Waals surface area (Å²) in [5.41, 5.74) is 16.4. The smallest absolute Gasteiger partial charge is 0.159 e. The lowest BCUT2D eigenvalue weighted by atomic mass is 9.91. The second-order valence-electron chi connectivity index (χ2n) is 20.9. The Kier molecular flexibility index (Phi) is 9.73. The van der Waals surface area contributed by atoms with Gasteiger partial charge in [0.15, 0.2) is 11.2 Å². The molecule has 0 radical (unpaired) electrons. The number of hydrogen-bond acceptors (Lipinski definition) is 4. The number of rotatable bonds is 8. The lowest BCUT2D eigenvalue weighted by Gasteiger charge is -2.29. The van der Waals surface area contributed by atoms with Crippen molar-refractivity contribution in [2.45, 2.75) is 13.8 Å². The highest BCUT2D eigenvalue weighted by atomic mass is 16.3. The summed E-state index contributed by atoms with van der Waals surface area (Å²) in [5, 5.41) is 16.2. The van der Waals surface area contributed by atoms with Gasteiger partial charge in [-0.25, -0.2) is 0 Å². The van der Waals surface area contributed by atoms with E-state index in [0.29, 0.717) is 0 Å². The highest BCUT2D eigenvalue weighted by Crippen LogP contribution is 2.52. The van der Waals surface area contributed by atoms with Crippen molar-refractivity contribution in [3.05, 3.63) is 266 Å². The number of furan rings is 2. The summed E-state index contributed by atoms with van der Waals surface area (Å²) in [6.45, 7) is 4.34. The molecule has 0 atom stereocenters. The van der Waals surface area contributed by atoms with Crippen molar-refractivity contribution in [3.8, 4) is 22.3 Å². The Morgan fingerprint density at radius 1 is 0.256 bits per heavy atom. The highest BCUT2D eigenvalue weighted by Gasteiger charge is 2.28. The van der Waals surface area contributed by atoms with Crippen molar-refractivity contribution in [1.82, 2.24) is 0 Å². The minimum absolute atomic E-state index is 0.841. The maximum atomic E-state index is 7.34. The second kappa shape index (κ2) is 17.2. The number of aryl methyl sites for hydroxylation is 2. The van der Waals surface area contributed by atoms with Crippen LogP contribution in [0.2, 0.25) is 0 Å². The van der Waals surface area contributed by atoms with Crippen LogP contribution in [0, 0.1) is 13.8 Å². The third-order valence-corrected chi connectivity index (χ3v) is 16.2. The van der Waals surface area contributed by atoms with Gasteiger partial charge in [-0.05, 0) is 140 Å². The summed E-state index contributed by atoms with van der Waals surface area (Å²) in [7, 11) is 0. The van der Waals surface area contributed by atoms with E-state index >= 15 is 0 Å². The molecule has 0 aliphatic heterocycles. The Bertz CT molecular complexity index is 4750. The molecule has 16 aromatic rings. The molecule has 16 rings (SSSR count). The Balaban J connectivity index is 0.949. The van der Waals surface area contributed by atoms with Gasteiger partial charge in [0.25, 0.3) is 0 Å². The first-order valence-electron chi connectivity index (χ1n) is 26.8. The van der Waals surface area contributed by atoms with Crippen molar-refractivity contribution in [2.75, 3.05) is 9.80 Å². The monoisotopic (exact) mass is 996 g/mol. The highest BCUT2D eigenvalue weighted by molar-refractivity contribution is 6.30. The summed E-state index contributed by atoms with van der Waals surface area (Å²) in [4.78, 5) is 4.84. The maximum Gasteiger partial charge on any atom is 0.159 e. The average molecular weight is 997 g/mol. The fraction of sp³-hybridized carbons (Fsp3) is 0.0270. The second-order valence-corrected chi connectivity index (χ2v) is 20.9. The molecular weight excluding hydrogens is 949 g/mol. The molecular formula is C74H48N2O2. The van der Waals surface area contributed by atoms with Gasteiger partial charge >= 0.3 is 0 Å². The first-order valence-corrected chi connectivity index (χ1v) is 26.8. The molecule has 0 bridgehead atoms. The molecule has 366 valence electrons. The summed E-state index contributed by atoms with van der Waals surface area (Å²) in [6.07, 6.45) is 0. The Hall–Kier alpha value is -10.2. The van der Waals surface area contributed by atoms with Crippen molar-refractivity contribution in [3.63, 3.8) is 0 Å². The van der Waals surface area contributed by atoms with Crippen molar-refractivity contribution in [1.29, 1.82) is 0 Å². The van der Waals surface area contributed by atoms with E-state index in [1.807, 2.05) is 0 Å². The molecule has 0 aliphatic rings. The summed E-state index contributed by atoms with van der Waals surface area (Å²) in [6, 6.07) is 92.6. The maximum absolute atomic E-state index is 7.34. The topological polar surface area (TPSA) is 32.8 Å². The van der Waals surface area contributed by atoms with Crippen LogP contribution in [0.25, 0.3) is 120 Å². The lowest BCUT2D eigenvalue weighted by Crippen LogP contribution is -2.12. The standard InChI is InChI=1S/C74H48N2O2/c1-45-17-13-25-53(41-45)75(65-31-15-29-59-69-55-27-11-9-23-51(55)43-61(73(69)77-71(59)65)47-19-5-3-6-20-47)63-39-35-49-34-38-58-64(40-36-50-33-37-57(63)67(49)68(50)58)76(54-26-14-18-46(2)42-54)66-32-16-30-60-70-56-28-12-10-24-52(56)44-62(74(70)78-72(60)66)48-21-7-4-8-22-48/h3-44H,1-2H3. The Labute approximate surface area is 450 Å². The summed E-state index contributed by atoms with van der Waals surface area (Å²) in [5.74, 6) is 0. The third-order valence-electron chi connectivity index (χ3n) is 16.2. The minimum atomic E-state index is 0.841. The Morgan fingerprint density at radius 3 is 1.10 bits per heavy atom. The van der Waals surface area contributed by atoms with E-state index in [-0.39, 0.29) is 0 Å². The van der Waals surface area contributed by atoms with Crippen molar-refractivity contribution < 1.29 is 8.83 Å². The van der Waals surface area contributed by atoms with Gasteiger partial charge in [-0.3, -0.25) is 0 Å². The first kappa shape index (κ1) is 44.2. The fourth-order valence-electron chi connectivity index (χ4n) is 12.8. The van der Waals surface area contributed by atoms with Crippen molar-refractivity contribution >= 4 is 132 Å². The lowest BCUT2D eigenvalue weighted by molar-refractivity contribution is 0.670. The number of para-hydroxylation sites is 2. The van der Waals surface area contributed by atoms with Crippen LogP contribution in [-0.4, -0.2) is 0 Å². The van der Waals surface area contributed by atoms with Gasteiger partial charge in [-0.15, -0.1) is 0 Å². The van der Waals surface area contributed by atoms with E-state index in [1.165, 1.54) is 54.2 Å². The van der Waals surface area contributed by atoms with Crippen LogP contribution in [-0.2, 0) is 0 Å². The molecule has 0 amide bonds. The average Bonchev–Trinajstić information content (AvgIpc) is 4.21. The van der Waals surface area contributed by atoms with Gasteiger partial charge in [0.05, 0.1) is 22.7 Å². The summed E-state index contributed by atoms with van der Waals surface area (Å²) >= 11 is 0. The molecule has 0 fully saturated rings. The third kappa shape index (κ3) is 6.66. The number of fused-ring (bicyclic) bond motifs is 10. The van der Waals surface area contributed by atoms with Gasteiger partial charge in [0.2, 0.25) is 0 Å².